The number of aryl methyl sites for hydroxylation is 4. The predicted octanol–water partition coefficient (Wildman–Crippen LogP) is 3.91. The summed E-state index contributed by atoms with van der Waals surface area (Å²) in [6, 6.07) is 7.55. The van der Waals surface area contributed by atoms with Gasteiger partial charge in [0.1, 0.15) is 0 Å². The van der Waals surface area contributed by atoms with Gasteiger partial charge in [-0.05, 0) is 44.5 Å². The summed E-state index contributed by atoms with van der Waals surface area (Å²) in [4.78, 5) is 17.2. The van der Waals surface area contributed by atoms with Gasteiger partial charge in [-0.1, -0.05) is 22.0 Å². The fourth-order valence-electron chi connectivity index (χ4n) is 2.62. The molecular weight excluding hydrogens is 356 g/mol. The van der Waals surface area contributed by atoms with Gasteiger partial charge in [0.15, 0.2) is 5.65 Å². The molecule has 3 rings (SSSR count). The lowest BCUT2D eigenvalue weighted by Gasteiger charge is -2.09. The number of carbonyl (C=O) groups excluding carboxylic acids is 1. The lowest BCUT2D eigenvalue weighted by molar-refractivity contribution is 0.102. The second kappa shape index (κ2) is 5.77. The monoisotopic (exact) mass is 372 g/mol. The van der Waals surface area contributed by atoms with Gasteiger partial charge in [-0.2, -0.15) is 5.10 Å². The van der Waals surface area contributed by atoms with E-state index in [2.05, 4.69) is 31.3 Å². The molecule has 1 N–H and O–H groups in total. The molecule has 0 radical (unpaired) electrons. The first-order valence-electron chi connectivity index (χ1n) is 7.25. The summed E-state index contributed by atoms with van der Waals surface area (Å²) in [6.07, 6.45) is 0. The molecular formula is C17H17BrN4O. The molecule has 0 saturated heterocycles. The highest BCUT2D eigenvalue weighted by Crippen LogP contribution is 2.24. The van der Waals surface area contributed by atoms with Crippen molar-refractivity contribution in [3.8, 4) is 0 Å². The van der Waals surface area contributed by atoms with E-state index in [1.54, 1.807) is 10.7 Å². The Labute approximate surface area is 142 Å². The molecule has 0 saturated carbocycles. The molecule has 118 valence electrons. The van der Waals surface area contributed by atoms with E-state index in [1.807, 2.05) is 46.0 Å². The van der Waals surface area contributed by atoms with Crippen LogP contribution in [-0.2, 0) is 7.05 Å². The summed E-state index contributed by atoms with van der Waals surface area (Å²) in [5.74, 6) is -0.160. The van der Waals surface area contributed by atoms with Crippen LogP contribution in [0.5, 0.6) is 0 Å². The molecule has 3 aromatic rings. The van der Waals surface area contributed by atoms with E-state index in [-0.39, 0.29) is 5.91 Å². The normalized spacial score (nSPS) is 11.0. The highest BCUT2D eigenvalue weighted by Gasteiger charge is 2.18. The maximum absolute atomic E-state index is 12.7. The number of carbonyl (C=O) groups is 1. The predicted molar refractivity (Wildman–Crippen MR) is 94.8 cm³/mol. The molecule has 1 aromatic carbocycles. The summed E-state index contributed by atoms with van der Waals surface area (Å²) < 4.78 is 2.67. The molecule has 0 fully saturated rings. The van der Waals surface area contributed by atoms with Crippen LogP contribution in [0.25, 0.3) is 11.0 Å². The van der Waals surface area contributed by atoms with E-state index in [4.69, 9.17) is 0 Å². The van der Waals surface area contributed by atoms with Gasteiger partial charge in [0.2, 0.25) is 0 Å². The van der Waals surface area contributed by atoms with Crippen molar-refractivity contribution in [2.75, 3.05) is 5.32 Å². The van der Waals surface area contributed by atoms with Crippen LogP contribution >= 0.6 is 15.9 Å². The summed E-state index contributed by atoms with van der Waals surface area (Å²) in [6.45, 7) is 5.77. The van der Waals surface area contributed by atoms with E-state index in [0.29, 0.717) is 5.56 Å². The van der Waals surface area contributed by atoms with Crippen LogP contribution in [0.4, 0.5) is 5.69 Å². The number of halogens is 1. The smallest absolute Gasteiger partial charge is 0.256 e. The number of hydrogen-bond acceptors (Lipinski definition) is 3. The zero-order chi connectivity index (χ0) is 16.7. The number of amides is 1. The van der Waals surface area contributed by atoms with Crippen molar-refractivity contribution in [3.63, 3.8) is 0 Å². The Kier molecular flexibility index (Phi) is 3.93. The zero-order valence-electron chi connectivity index (χ0n) is 13.4. The Bertz CT molecular complexity index is 930. The minimum Gasteiger partial charge on any atom is -0.322 e. The van der Waals surface area contributed by atoms with Crippen LogP contribution < -0.4 is 5.32 Å². The number of benzene rings is 1. The number of hydrogen-bond donors (Lipinski definition) is 1. The Morgan fingerprint density at radius 1 is 1.22 bits per heavy atom. The van der Waals surface area contributed by atoms with Gasteiger partial charge in [0.05, 0.1) is 16.6 Å². The molecule has 0 aliphatic carbocycles. The molecule has 6 heteroatoms. The van der Waals surface area contributed by atoms with Crippen molar-refractivity contribution in [3.05, 3.63) is 51.3 Å². The molecule has 2 heterocycles. The first-order valence-corrected chi connectivity index (χ1v) is 8.04. The molecule has 2 aromatic heterocycles. The Morgan fingerprint density at radius 2 is 1.96 bits per heavy atom. The standard InChI is InChI=1S/C17H17BrN4O/c1-9-5-6-12(8-14(9)18)20-17(23)13-7-10(2)19-16-15(13)11(3)21-22(16)4/h5-8H,1-4H3,(H,20,23). The molecule has 0 spiro atoms. The van der Waals surface area contributed by atoms with Crippen molar-refractivity contribution in [1.82, 2.24) is 14.8 Å². The minimum atomic E-state index is -0.160. The molecule has 0 aliphatic heterocycles. The van der Waals surface area contributed by atoms with Crippen molar-refractivity contribution < 1.29 is 4.79 Å². The average Bonchev–Trinajstić information content (AvgIpc) is 2.77. The largest absolute Gasteiger partial charge is 0.322 e. The topological polar surface area (TPSA) is 59.8 Å². The van der Waals surface area contributed by atoms with Crippen LogP contribution in [0, 0.1) is 20.8 Å². The maximum Gasteiger partial charge on any atom is 0.256 e. The van der Waals surface area contributed by atoms with Gasteiger partial charge < -0.3 is 5.32 Å². The molecule has 0 bridgehead atoms. The number of anilines is 1. The molecule has 0 unspecified atom stereocenters. The van der Waals surface area contributed by atoms with E-state index in [0.717, 1.165) is 38.1 Å². The summed E-state index contributed by atoms with van der Waals surface area (Å²) in [5.41, 5.74) is 4.76. The second-order valence-electron chi connectivity index (χ2n) is 5.64. The number of rotatable bonds is 2. The van der Waals surface area contributed by atoms with Gasteiger partial charge in [-0.3, -0.25) is 9.48 Å². The summed E-state index contributed by atoms with van der Waals surface area (Å²) >= 11 is 3.48. The molecule has 23 heavy (non-hydrogen) atoms. The van der Waals surface area contributed by atoms with Crippen molar-refractivity contribution in [2.24, 2.45) is 7.05 Å². The third-order valence-corrected chi connectivity index (χ3v) is 4.63. The fraction of sp³-hybridized carbons (Fsp3) is 0.235. The Hall–Kier alpha value is -2.21. The quantitative estimate of drug-likeness (QED) is 0.741. The number of pyridine rings is 1. The van der Waals surface area contributed by atoms with E-state index >= 15 is 0 Å². The van der Waals surface area contributed by atoms with Crippen LogP contribution in [0.2, 0.25) is 0 Å². The van der Waals surface area contributed by atoms with Gasteiger partial charge >= 0.3 is 0 Å². The van der Waals surface area contributed by atoms with Crippen molar-refractivity contribution in [2.45, 2.75) is 20.8 Å². The highest BCUT2D eigenvalue weighted by molar-refractivity contribution is 9.10. The van der Waals surface area contributed by atoms with Gasteiger partial charge in [0.25, 0.3) is 5.91 Å². The van der Waals surface area contributed by atoms with E-state index < -0.39 is 0 Å². The summed E-state index contributed by atoms with van der Waals surface area (Å²) in [7, 11) is 1.83. The third-order valence-electron chi connectivity index (χ3n) is 3.77. The zero-order valence-corrected chi connectivity index (χ0v) is 15.0. The van der Waals surface area contributed by atoms with Gasteiger partial charge in [-0.15, -0.1) is 0 Å². The van der Waals surface area contributed by atoms with Gasteiger partial charge in [-0.25, -0.2) is 4.98 Å². The molecule has 5 nitrogen and oxygen atoms in total. The highest BCUT2D eigenvalue weighted by atomic mass is 79.9. The number of nitrogens with zero attached hydrogens (tertiary/aromatic N) is 3. The molecule has 0 atom stereocenters. The number of nitrogens with one attached hydrogen (secondary N) is 1. The number of aromatic nitrogens is 3. The lowest BCUT2D eigenvalue weighted by atomic mass is 10.1. The van der Waals surface area contributed by atoms with Gasteiger partial charge in [0, 0.05) is 22.9 Å². The Balaban J connectivity index is 2.05. The average molecular weight is 373 g/mol. The maximum atomic E-state index is 12.7. The Morgan fingerprint density at radius 3 is 2.65 bits per heavy atom. The third kappa shape index (κ3) is 2.86. The lowest BCUT2D eigenvalue weighted by Crippen LogP contribution is -2.13. The van der Waals surface area contributed by atoms with Crippen molar-refractivity contribution in [1.29, 1.82) is 0 Å². The van der Waals surface area contributed by atoms with Crippen LogP contribution in [0.15, 0.2) is 28.7 Å². The first-order chi connectivity index (χ1) is 10.9. The molecule has 1 amide bonds. The minimum absolute atomic E-state index is 0.160. The van der Waals surface area contributed by atoms with E-state index in [9.17, 15) is 4.79 Å². The van der Waals surface area contributed by atoms with E-state index in [1.165, 1.54) is 0 Å². The second-order valence-corrected chi connectivity index (χ2v) is 6.49. The SMILES string of the molecule is Cc1cc(C(=O)Nc2ccc(C)c(Br)c2)c2c(C)nn(C)c2n1. The van der Waals surface area contributed by atoms with Crippen molar-refractivity contribution >= 4 is 38.6 Å². The van der Waals surface area contributed by atoms with Crippen LogP contribution in [0.3, 0.4) is 0 Å². The van der Waals surface area contributed by atoms with Crippen LogP contribution in [-0.4, -0.2) is 20.7 Å². The summed E-state index contributed by atoms with van der Waals surface area (Å²) in [5, 5.41) is 8.12. The van der Waals surface area contributed by atoms with Crippen LogP contribution in [0.1, 0.15) is 27.3 Å². The fourth-order valence-corrected chi connectivity index (χ4v) is 3.00. The molecule has 0 aliphatic rings. The number of fused-ring (bicyclic) bond motifs is 1. The first kappa shape index (κ1) is 15.7.